The fourth-order valence-electron chi connectivity index (χ4n) is 2.04. The zero-order chi connectivity index (χ0) is 9.54. The Morgan fingerprint density at radius 2 is 2.36 bits per heavy atom. The largest absolute Gasteiger partial charge is 0.496 e. The molecule has 3 rings (SSSR count). The molecule has 0 unspecified atom stereocenters. The van der Waals surface area contributed by atoms with Crippen LogP contribution < -0.4 is 4.74 Å². The number of aromatic amines is 1. The molecule has 0 saturated carbocycles. The predicted molar refractivity (Wildman–Crippen MR) is 53.4 cm³/mol. The van der Waals surface area contributed by atoms with E-state index in [2.05, 4.69) is 16.3 Å². The first kappa shape index (κ1) is 7.62. The van der Waals surface area contributed by atoms with E-state index in [4.69, 9.17) is 4.74 Å². The van der Waals surface area contributed by atoms with E-state index in [1.165, 1.54) is 16.7 Å². The van der Waals surface area contributed by atoms with E-state index in [0.29, 0.717) is 0 Å². The van der Waals surface area contributed by atoms with Crippen LogP contribution in [0.25, 0.3) is 11.3 Å². The highest BCUT2D eigenvalue weighted by atomic mass is 16.5. The van der Waals surface area contributed by atoms with Gasteiger partial charge in [0, 0.05) is 23.1 Å². The molecule has 1 heterocycles. The number of methoxy groups -OCH3 is 1. The van der Waals surface area contributed by atoms with Crippen LogP contribution in [-0.2, 0) is 6.42 Å². The molecule has 2 aromatic rings. The summed E-state index contributed by atoms with van der Waals surface area (Å²) in [6.07, 6.45) is 2.81. The summed E-state index contributed by atoms with van der Waals surface area (Å²) in [5.74, 6) is 0.965. The van der Waals surface area contributed by atoms with Gasteiger partial charge in [-0.05, 0) is 6.07 Å². The maximum Gasteiger partial charge on any atom is 0.123 e. The second-order valence-electron chi connectivity index (χ2n) is 3.43. The first-order valence-corrected chi connectivity index (χ1v) is 4.58. The highest BCUT2D eigenvalue weighted by Gasteiger charge is 2.22. The second-order valence-corrected chi connectivity index (χ2v) is 3.43. The molecule has 0 bridgehead atoms. The van der Waals surface area contributed by atoms with E-state index in [1.807, 2.05) is 18.3 Å². The van der Waals surface area contributed by atoms with Crippen molar-refractivity contribution in [1.82, 2.24) is 10.2 Å². The molecule has 1 aliphatic carbocycles. The maximum absolute atomic E-state index is 5.32. The number of ether oxygens (including phenoxy) is 1. The molecule has 0 amide bonds. The standard InChI is InChI=1S/C11H10N2O/c1-14-10-4-2-3-8-9(10)5-7-6-12-13-11(7)8/h2-4,6H,5H2,1H3,(H,12,13). The summed E-state index contributed by atoms with van der Waals surface area (Å²) >= 11 is 0. The van der Waals surface area contributed by atoms with E-state index in [-0.39, 0.29) is 0 Å². The average molecular weight is 186 g/mol. The lowest BCUT2D eigenvalue weighted by molar-refractivity contribution is 0.411. The van der Waals surface area contributed by atoms with Gasteiger partial charge < -0.3 is 4.74 Å². The number of benzene rings is 1. The van der Waals surface area contributed by atoms with Crippen LogP contribution in [0.1, 0.15) is 11.1 Å². The van der Waals surface area contributed by atoms with E-state index in [1.54, 1.807) is 7.11 Å². The summed E-state index contributed by atoms with van der Waals surface area (Å²) in [4.78, 5) is 0. The molecular weight excluding hydrogens is 176 g/mol. The van der Waals surface area contributed by atoms with Crippen molar-refractivity contribution in [2.45, 2.75) is 6.42 Å². The van der Waals surface area contributed by atoms with Gasteiger partial charge in [0.15, 0.2) is 0 Å². The molecule has 1 aromatic heterocycles. The van der Waals surface area contributed by atoms with Crippen molar-refractivity contribution in [3.63, 3.8) is 0 Å². The molecule has 70 valence electrons. The van der Waals surface area contributed by atoms with Crippen LogP contribution in [-0.4, -0.2) is 17.3 Å². The van der Waals surface area contributed by atoms with Crippen LogP contribution in [0, 0.1) is 0 Å². The third-order valence-electron chi connectivity index (χ3n) is 2.71. The smallest absolute Gasteiger partial charge is 0.123 e. The van der Waals surface area contributed by atoms with Crippen LogP contribution >= 0.6 is 0 Å². The van der Waals surface area contributed by atoms with Crippen LogP contribution in [0.5, 0.6) is 5.75 Å². The van der Waals surface area contributed by atoms with E-state index < -0.39 is 0 Å². The lowest BCUT2D eigenvalue weighted by Gasteiger charge is -2.05. The lowest BCUT2D eigenvalue weighted by atomic mass is 10.1. The van der Waals surface area contributed by atoms with Crippen molar-refractivity contribution in [3.05, 3.63) is 35.5 Å². The molecule has 0 atom stereocenters. The van der Waals surface area contributed by atoms with Crippen molar-refractivity contribution >= 4 is 0 Å². The maximum atomic E-state index is 5.32. The van der Waals surface area contributed by atoms with Gasteiger partial charge >= 0.3 is 0 Å². The second kappa shape index (κ2) is 2.61. The zero-order valence-corrected chi connectivity index (χ0v) is 7.87. The highest BCUT2D eigenvalue weighted by molar-refractivity contribution is 5.75. The fourth-order valence-corrected chi connectivity index (χ4v) is 2.04. The lowest BCUT2D eigenvalue weighted by Crippen LogP contribution is -1.90. The third kappa shape index (κ3) is 0.839. The van der Waals surface area contributed by atoms with Crippen LogP contribution in [0.15, 0.2) is 24.4 Å². The van der Waals surface area contributed by atoms with Crippen molar-refractivity contribution in [1.29, 1.82) is 0 Å². The van der Waals surface area contributed by atoms with Crippen molar-refractivity contribution in [2.24, 2.45) is 0 Å². The Hall–Kier alpha value is -1.77. The van der Waals surface area contributed by atoms with Crippen LogP contribution in [0.4, 0.5) is 0 Å². The zero-order valence-electron chi connectivity index (χ0n) is 7.87. The van der Waals surface area contributed by atoms with Crippen molar-refractivity contribution in [3.8, 4) is 17.0 Å². The SMILES string of the molecule is COc1cccc2c1Cc1cn[nH]c1-2. The van der Waals surface area contributed by atoms with Gasteiger partial charge in [0.05, 0.1) is 19.0 Å². The Bertz CT molecular complexity index is 488. The topological polar surface area (TPSA) is 37.9 Å². The fraction of sp³-hybridized carbons (Fsp3) is 0.182. The number of fused-ring (bicyclic) bond motifs is 3. The number of hydrogen-bond acceptors (Lipinski definition) is 2. The Morgan fingerprint density at radius 1 is 1.43 bits per heavy atom. The quantitative estimate of drug-likeness (QED) is 0.631. The molecular formula is C11H10N2O. The number of H-pyrrole nitrogens is 1. The Balaban J connectivity index is 2.26. The first-order chi connectivity index (χ1) is 6.90. The molecule has 14 heavy (non-hydrogen) atoms. The normalized spacial score (nSPS) is 12.4. The van der Waals surface area contributed by atoms with Crippen LogP contribution in [0.2, 0.25) is 0 Å². The summed E-state index contributed by atoms with van der Waals surface area (Å²) in [6, 6.07) is 6.10. The minimum atomic E-state index is 0.922. The van der Waals surface area contributed by atoms with Gasteiger partial charge in [0.1, 0.15) is 5.75 Å². The van der Waals surface area contributed by atoms with Crippen LogP contribution in [0.3, 0.4) is 0 Å². The Morgan fingerprint density at radius 3 is 3.21 bits per heavy atom. The number of nitrogens with one attached hydrogen (secondary N) is 1. The molecule has 0 saturated heterocycles. The summed E-state index contributed by atoms with van der Waals surface area (Å²) in [6.45, 7) is 0. The summed E-state index contributed by atoms with van der Waals surface area (Å²) in [5.41, 5.74) is 4.87. The predicted octanol–water partition coefficient (Wildman–Crippen LogP) is 1.99. The third-order valence-corrected chi connectivity index (χ3v) is 2.71. The van der Waals surface area contributed by atoms with Gasteiger partial charge in [0.2, 0.25) is 0 Å². The number of rotatable bonds is 1. The number of aromatic nitrogens is 2. The number of hydrogen-bond donors (Lipinski definition) is 1. The van der Waals surface area contributed by atoms with Gasteiger partial charge in [-0.15, -0.1) is 0 Å². The van der Waals surface area contributed by atoms with Crippen molar-refractivity contribution < 1.29 is 4.74 Å². The minimum Gasteiger partial charge on any atom is -0.496 e. The number of nitrogens with zero attached hydrogens (tertiary/aromatic N) is 1. The molecule has 1 N–H and O–H groups in total. The average Bonchev–Trinajstić information content (AvgIpc) is 2.76. The van der Waals surface area contributed by atoms with Gasteiger partial charge in [-0.25, -0.2) is 0 Å². The van der Waals surface area contributed by atoms with Gasteiger partial charge in [-0.2, -0.15) is 5.10 Å². The molecule has 0 fully saturated rings. The van der Waals surface area contributed by atoms with E-state index in [0.717, 1.165) is 17.9 Å². The van der Waals surface area contributed by atoms with E-state index in [9.17, 15) is 0 Å². The summed E-state index contributed by atoms with van der Waals surface area (Å²) < 4.78 is 5.32. The van der Waals surface area contributed by atoms with Crippen molar-refractivity contribution in [2.75, 3.05) is 7.11 Å². The van der Waals surface area contributed by atoms with Gasteiger partial charge in [-0.3, -0.25) is 5.10 Å². The highest BCUT2D eigenvalue weighted by Crippen LogP contribution is 2.39. The Kier molecular flexibility index (Phi) is 1.42. The molecule has 1 aromatic carbocycles. The molecule has 0 spiro atoms. The van der Waals surface area contributed by atoms with Gasteiger partial charge in [0.25, 0.3) is 0 Å². The van der Waals surface area contributed by atoms with Gasteiger partial charge in [-0.1, -0.05) is 12.1 Å². The first-order valence-electron chi connectivity index (χ1n) is 4.58. The molecule has 3 heteroatoms. The summed E-state index contributed by atoms with van der Waals surface area (Å²) in [7, 11) is 1.71. The molecule has 0 radical (unpaired) electrons. The summed E-state index contributed by atoms with van der Waals surface area (Å²) in [5, 5.41) is 7.05. The monoisotopic (exact) mass is 186 g/mol. The Labute approximate surface area is 81.7 Å². The molecule has 3 nitrogen and oxygen atoms in total. The van der Waals surface area contributed by atoms with E-state index >= 15 is 0 Å². The molecule has 1 aliphatic rings. The minimum absolute atomic E-state index is 0.922. The molecule has 0 aliphatic heterocycles.